The molecule has 0 saturated carbocycles. The quantitative estimate of drug-likeness (QED) is 0.930. The standard InChI is InChI=1S/C13H18F2N2O2S/c1-2-16-11-7-5-9-17(20(18,19)13(14)15)12-8-4-3-6-10(11)12/h3-4,6,8,11,13,16H,2,5,7,9H2,1H3. The zero-order chi connectivity index (χ0) is 14.8. The molecular formula is C13H18F2N2O2S. The smallest absolute Gasteiger partial charge is 0.310 e. The average Bonchev–Trinajstić information content (AvgIpc) is 2.59. The van der Waals surface area contributed by atoms with E-state index in [0.29, 0.717) is 12.1 Å². The summed E-state index contributed by atoms with van der Waals surface area (Å²) >= 11 is 0. The van der Waals surface area contributed by atoms with E-state index in [-0.39, 0.29) is 12.6 Å². The molecule has 0 aliphatic carbocycles. The maximum absolute atomic E-state index is 12.8. The molecule has 7 heteroatoms. The van der Waals surface area contributed by atoms with Gasteiger partial charge in [-0.05, 0) is 31.0 Å². The number of nitrogens with zero attached hydrogens (tertiary/aromatic N) is 1. The van der Waals surface area contributed by atoms with Gasteiger partial charge in [0.05, 0.1) is 5.69 Å². The van der Waals surface area contributed by atoms with Crippen LogP contribution < -0.4 is 9.62 Å². The molecule has 0 saturated heterocycles. The molecule has 0 amide bonds. The summed E-state index contributed by atoms with van der Waals surface area (Å²) in [4.78, 5) is 0. The molecule has 0 radical (unpaired) electrons. The number of para-hydroxylation sites is 1. The van der Waals surface area contributed by atoms with E-state index in [9.17, 15) is 17.2 Å². The van der Waals surface area contributed by atoms with Gasteiger partial charge >= 0.3 is 5.76 Å². The molecule has 1 aromatic rings. The van der Waals surface area contributed by atoms with Gasteiger partial charge in [-0.2, -0.15) is 8.78 Å². The summed E-state index contributed by atoms with van der Waals surface area (Å²) in [5, 5.41) is 3.27. The summed E-state index contributed by atoms with van der Waals surface area (Å²) in [5.74, 6) is -3.40. The molecule has 1 aliphatic heterocycles. The summed E-state index contributed by atoms with van der Waals surface area (Å²) in [7, 11) is -4.60. The summed E-state index contributed by atoms with van der Waals surface area (Å²) in [6, 6.07) is 6.84. The predicted octanol–water partition coefficient (Wildman–Crippen LogP) is 2.49. The number of halogens is 2. The predicted molar refractivity (Wildman–Crippen MR) is 74.4 cm³/mol. The lowest BCUT2D eigenvalue weighted by atomic mass is 10.0. The van der Waals surface area contributed by atoms with Gasteiger partial charge in [-0.1, -0.05) is 25.1 Å². The van der Waals surface area contributed by atoms with E-state index in [1.54, 1.807) is 24.3 Å². The highest BCUT2D eigenvalue weighted by molar-refractivity contribution is 7.93. The highest BCUT2D eigenvalue weighted by atomic mass is 32.2. The lowest BCUT2D eigenvalue weighted by molar-refractivity contribution is 0.234. The number of alkyl halides is 2. The van der Waals surface area contributed by atoms with Crippen LogP contribution in [0.3, 0.4) is 0 Å². The second-order valence-corrected chi connectivity index (χ2v) is 6.52. The Balaban J connectivity index is 2.49. The molecule has 0 spiro atoms. The van der Waals surface area contributed by atoms with Crippen LogP contribution in [-0.4, -0.2) is 27.3 Å². The summed E-state index contributed by atoms with van der Waals surface area (Å²) < 4.78 is 50.1. The Morgan fingerprint density at radius 3 is 2.75 bits per heavy atom. The molecule has 1 aromatic carbocycles. The first kappa shape index (κ1) is 15.2. The van der Waals surface area contributed by atoms with Crippen molar-refractivity contribution in [3.63, 3.8) is 0 Å². The highest BCUT2D eigenvalue weighted by Gasteiger charge is 2.35. The third kappa shape index (κ3) is 2.78. The van der Waals surface area contributed by atoms with Crippen molar-refractivity contribution in [3.8, 4) is 0 Å². The van der Waals surface area contributed by atoms with Crippen molar-refractivity contribution in [1.29, 1.82) is 0 Å². The van der Waals surface area contributed by atoms with Gasteiger partial charge in [-0.15, -0.1) is 0 Å². The molecule has 4 nitrogen and oxygen atoms in total. The van der Waals surface area contributed by atoms with E-state index >= 15 is 0 Å². The van der Waals surface area contributed by atoms with Gasteiger partial charge in [0.25, 0.3) is 10.0 Å². The number of fused-ring (bicyclic) bond motifs is 1. The van der Waals surface area contributed by atoms with Crippen LogP contribution in [0.25, 0.3) is 0 Å². The minimum atomic E-state index is -4.60. The Bertz CT molecular complexity index is 563. The Labute approximate surface area is 117 Å². The molecule has 1 aliphatic rings. The molecule has 20 heavy (non-hydrogen) atoms. The van der Waals surface area contributed by atoms with Crippen LogP contribution in [0.15, 0.2) is 24.3 Å². The van der Waals surface area contributed by atoms with E-state index in [4.69, 9.17) is 0 Å². The van der Waals surface area contributed by atoms with Gasteiger partial charge in [0.2, 0.25) is 0 Å². The third-order valence-corrected chi connectivity index (χ3v) is 4.86. The lowest BCUT2D eigenvalue weighted by Gasteiger charge is -2.25. The Morgan fingerprint density at radius 1 is 1.40 bits per heavy atom. The Hall–Kier alpha value is -1.21. The van der Waals surface area contributed by atoms with E-state index in [1.807, 2.05) is 6.92 Å². The van der Waals surface area contributed by atoms with Gasteiger partial charge in [0.15, 0.2) is 0 Å². The Morgan fingerprint density at radius 2 is 2.10 bits per heavy atom. The van der Waals surface area contributed by atoms with Crippen LogP contribution in [0.5, 0.6) is 0 Å². The van der Waals surface area contributed by atoms with Crippen LogP contribution in [0.1, 0.15) is 31.4 Å². The van der Waals surface area contributed by atoms with Gasteiger partial charge in [0.1, 0.15) is 0 Å². The van der Waals surface area contributed by atoms with Crippen LogP contribution in [0.2, 0.25) is 0 Å². The van der Waals surface area contributed by atoms with Gasteiger partial charge < -0.3 is 5.32 Å². The van der Waals surface area contributed by atoms with Crippen molar-refractivity contribution in [2.75, 3.05) is 17.4 Å². The number of benzene rings is 1. The third-order valence-electron chi connectivity index (χ3n) is 3.42. The minimum Gasteiger partial charge on any atom is -0.310 e. The summed E-state index contributed by atoms with van der Waals surface area (Å²) in [5.41, 5.74) is 1.12. The van der Waals surface area contributed by atoms with E-state index in [0.717, 1.165) is 22.8 Å². The average molecular weight is 304 g/mol. The van der Waals surface area contributed by atoms with Crippen molar-refractivity contribution in [2.45, 2.75) is 31.6 Å². The van der Waals surface area contributed by atoms with Crippen molar-refractivity contribution < 1.29 is 17.2 Å². The van der Waals surface area contributed by atoms with Crippen molar-refractivity contribution in [1.82, 2.24) is 5.32 Å². The topological polar surface area (TPSA) is 49.4 Å². The molecule has 1 N–H and O–H groups in total. The van der Waals surface area contributed by atoms with Crippen LogP contribution in [-0.2, 0) is 10.0 Å². The first-order valence-corrected chi connectivity index (χ1v) is 8.10. The first-order valence-electron chi connectivity index (χ1n) is 6.60. The van der Waals surface area contributed by atoms with Crippen molar-refractivity contribution >= 4 is 15.7 Å². The van der Waals surface area contributed by atoms with Crippen LogP contribution >= 0.6 is 0 Å². The largest absolute Gasteiger partial charge is 0.355 e. The fourth-order valence-corrected chi connectivity index (χ4v) is 3.56. The zero-order valence-electron chi connectivity index (χ0n) is 11.2. The maximum atomic E-state index is 12.8. The second kappa shape index (κ2) is 6.05. The monoisotopic (exact) mass is 304 g/mol. The van der Waals surface area contributed by atoms with E-state index in [2.05, 4.69) is 5.32 Å². The van der Waals surface area contributed by atoms with Gasteiger partial charge in [0, 0.05) is 12.6 Å². The number of nitrogens with one attached hydrogen (secondary N) is 1. The van der Waals surface area contributed by atoms with Gasteiger partial charge in [-0.3, -0.25) is 4.31 Å². The van der Waals surface area contributed by atoms with E-state index in [1.165, 1.54) is 0 Å². The number of anilines is 1. The number of sulfonamides is 1. The fraction of sp³-hybridized carbons (Fsp3) is 0.538. The molecule has 0 aromatic heterocycles. The second-order valence-electron chi connectivity index (χ2n) is 4.69. The maximum Gasteiger partial charge on any atom is 0.355 e. The minimum absolute atomic E-state index is 0.00549. The van der Waals surface area contributed by atoms with Crippen LogP contribution in [0, 0.1) is 0 Å². The molecule has 1 atom stereocenters. The molecule has 2 rings (SSSR count). The normalized spacial score (nSPS) is 19.8. The van der Waals surface area contributed by atoms with Crippen molar-refractivity contribution in [2.24, 2.45) is 0 Å². The SMILES string of the molecule is CCNC1CCCN(S(=O)(=O)C(F)F)c2ccccc21. The number of hydrogen-bond acceptors (Lipinski definition) is 3. The molecule has 1 heterocycles. The molecule has 1 unspecified atom stereocenters. The number of hydrogen-bond donors (Lipinski definition) is 1. The molecule has 112 valence electrons. The highest BCUT2D eigenvalue weighted by Crippen LogP contribution is 2.35. The molecule has 0 bridgehead atoms. The fourth-order valence-electron chi connectivity index (χ4n) is 2.54. The first-order chi connectivity index (χ1) is 9.48. The molecular weight excluding hydrogens is 286 g/mol. The van der Waals surface area contributed by atoms with Crippen LogP contribution in [0.4, 0.5) is 14.5 Å². The lowest BCUT2D eigenvalue weighted by Crippen LogP contribution is -2.36. The van der Waals surface area contributed by atoms with Crippen molar-refractivity contribution in [3.05, 3.63) is 29.8 Å². The summed E-state index contributed by atoms with van der Waals surface area (Å²) in [6.07, 6.45) is 1.26. The number of rotatable bonds is 4. The summed E-state index contributed by atoms with van der Waals surface area (Å²) in [6.45, 7) is 2.79. The molecule has 0 fully saturated rings. The van der Waals surface area contributed by atoms with Gasteiger partial charge in [-0.25, -0.2) is 8.42 Å². The zero-order valence-corrected chi connectivity index (χ0v) is 12.0. The Kier molecular flexibility index (Phi) is 4.59. The van der Waals surface area contributed by atoms with E-state index < -0.39 is 15.8 Å².